The lowest BCUT2D eigenvalue weighted by Gasteiger charge is -2.15. The van der Waals surface area contributed by atoms with Crippen molar-refractivity contribution in [3.8, 4) is 0 Å². The third-order valence-corrected chi connectivity index (χ3v) is 4.97. The van der Waals surface area contributed by atoms with E-state index in [4.69, 9.17) is 0 Å². The topological polar surface area (TPSA) is 76.0 Å². The summed E-state index contributed by atoms with van der Waals surface area (Å²) in [5.41, 5.74) is 5.02. The number of carbonyl (C=O) groups is 1. The second-order valence-electron chi connectivity index (χ2n) is 7.18. The molecule has 1 heterocycles. The third kappa shape index (κ3) is 5.32. The molecule has 6 nitrogen and oxygen atoms in total. The Morgan fingerprint density at radius 2 is 1.69 bits per heavy atom. The lowest BCUT2D eigenvalue weighted by molar-refractivity contribution is -0.116. The summed E-state index contributed by atoms with van der Waals surface area (Å²) < 4.78 is 2.12. The molecule has 0 bridgehead atoms. The van der Waals surface area contributed by atoms with Gasteiger partial charge in [0.05, 0.1) is 5.69 Å². The van der Waals surface area contributed by atoms with E-state index in [0.717, 1.165) is 26.9 Å². The van der Waals surface area contributed by atoms with Crippen LogP contribution in [0.4, 0.5) is 17.3 Å². The van der Waals surface area contributed by atoms with Gasteiger partial charge in [0.15, 0.2) is 0 Å². The summed E-state index contributed by atoms with van der Waals surface area (Å²) in [6, 6.07) is 13.1. The van der Waals surface area contributed by atoms with Crippen LogP contribution in [0.15, 0.2) is 51.7 Å². The van der Waals surface area contributed by atoms with E-state index in [-0.39, 0.29) is 18.0 Å². The van der Waals surface area contributed by atoms with Gasteiger partial charge in [-0.25, -0.2) is 4.98 Å². The number of anilines is 3. The van der Waals surface area contributed by atoms with Crippen molar-refractivity contribution >= 4 is 39.2 Å². The second kappa shape index (κ2) is 8.61. The van der Waals surface area contributed by atoms with Crippen LogP contribution in [0.2, 0.25) is 0 Å². The van der Waals surface area contributed by atoms with Gasteiger partial charge < -0.3 is 10.6 Å². The molecule has 0 fully saturated rings. The zero-order valence-electron chi connectivity index (χ0n) is 16.8. The third-order valence-electron chi connectivity index (χ3n) is 4.31. The Morgan fingerprint density at radius 3 is 2.34 bits per heavy atom. The molecule has 150 valence electrons. The van der Waals surface area contributed by atoms with E-state index in [2.05, 4.69) is 37.6 Å². The Hall–Kier alpha value is -2.93. The first kappa shape index (κ1) is 20.8. The smallest absolute Gasteiger partial charge is 0.255 e. The van der Waals surface area contributed by atoms with Crippen LogP contribution in [0.1, 0.15) is 22.4 Å². The van der Waals surface area contributed by atoms with Crippen LogP contribution >= 0.6 is 15.9 Å². The number of benzene rings is 2. The second-order valence-corrected chi connectivity index (χ2v) is 8.03. The van der Waals surface area contributed by atoms with Crippen LogP contribution in [0.25, 0.3) is 0 Å². The Labute approximate surface area is 178 Å². The van der Waals surface area contributed by atoms with Crippen LogP contribution in [-0.4, -0.2) is 15.5 Å². The molecular weight excluding hydrogens is 432 g/mol. The average molecular weight is 455 g/mol. The summed E-state index contributed by atoms with van der Waals surface area (Å²) in [5, 5.41) is 6.02. The van der Waals surface area contributed by atoms with E-state index >= 15 is 0 Å². The largest absolute Gasteiger partial charge is 0.325 e. The van der Waals surface area contributed by atoms with Crippen molar-refractivity contribution in [2.75, 3.05) is 10.6 Å². The first-order valence-electron chi connectivity index (χ1n) is 9.21. The molecule has 7 heteroatoms. The highest BCUT2D eigenvalue weighted by Crippen LogP contribution is 2.23. The highest BCUT2D eigenvalue weighted by Gasteiger charge is 2.13. The van der Waals surface area contributed by atoms with E-state index in [1.165, 1.54) is 10.6 Å². The summed E-state index contributed by atoms with van der Waals surface area (Å²) in [6.07, 6.45) is 0. The fourth-order valence-electron chi connectivity index (χ4n) is 3.10. The number of halogens is 1. The number of nitrogens with one attached hydrogen (secondary N) is 2. The molecule has 0 saturated carbocycles. The van der Waals surface area contributed by atoms with Crippen molar-refractivity contribution in [3.05, 3.63) is 79.7 Å². The van der Waals surface area contributed by atoms with Crippen molar-refractivity contribution in [1.82, 2.24) is 9.55 Å². The number of amides is 1. The van der Waals surface area contributed by atoms with Gasteiger partial charge in [-0.3, -0.25) is 14.2 Å². The van der Waals surface area contributed by atoms with Gasteiger partial charge in [0.2, 0.25) is 11.9 Å². The molecule has 1 aromatic heterocycles. The van der Waals surface area contributed by atoms with Crippen LogP contribution in [0.3, 0.4) is 0 Å². The van der Waals surface area contributed by atoms with E-state index < -0.39 is 0 Å². The fraction of sp³-hybridized carbons (Fsp3) is 0.227. The standard InChI is InChI=1S/C22H23BrN4O2/c1-13-5-6-19(18(23)10-13)26-20(28)12-27-21(29)11-16(4)24-22(27)25-17-8-14(2)7-15(3)9-17/h5-11H,12H2,1-4H3,(H,24,25)(H,26,28). The number of aryl methyl sites for hydroxylation is 4. The summed E-state index contributed by atoms with van der Waals surface area (Å²) in [4.78, 5) is 29.6. The predicted molar refractivity (Wildman–Crippen MR) is 120 cm³/mol. The molecule has 0 aliphatic heterocycles. The summed E-state index contributed by atoms with van der Waals surface area (Å²) in [6.45, 7) is 7.57. The minimum atomic E-state index is -0.314. The highest BCUT2D eigenvalue weighted by molar-refractivity contribution is 9.10. The normalized spacial score (nSPS) is 10.7. The first-order chi connectivity index (χ1) is 13.7. The molecule has 3 aromatic rings. The minimum absolute atomic E-state index is 0.153. The van der Waals surface area contributed by atoms with Crippen molar-refractivity contribution in [2.45, 2.75) is 34.2 Å². The quantitative estimate of drug-likeness (QED) is 0.589. The van der Waals surface area contributed by atoms with Crippen molar-refractivity contribution in [2.24, 2.45) is 0 Å². The van der Waals surface area contributed by atoms with E-state index in [0.29, 0.717) is 17.3 Å². The van der Waals surface area contributed by atoms with Crippen LogP contribution in [0, 0.1) is 27.7 Å². The van der Waals surface area contributed by atoms with E-state index in [1.807, 2.05) is 51.1 Å². The maximum atomic E-state index is 12.6. The van der Waals surface area contributed by atoms with E-state index in [9.17, 15) is 9.59 Å². The SMILES string of the molecule is Cc1cc(C)cc(Nc2nc(C)cc(=O)n2CC(=O)Nc2ccc(C)cc2Br)c1. The number of nitrogens with zero attached hydrogens (tertiary/aromatic N) is 2. The Kier molecular flexibility index (Phi) is 6.17. The Balaban J connectivity index is 1.88. The number of aromatic nitrogens is 2. The number of carbonyl (C=O) groups excluding carboxylic acids is 1. The van der Waals surface area contributed by atoms with Gasteiger partial charge in [0.25, 0.3) is 5.56 Å². The Bertz CT molecular complexity index is 1120. The molecule has 0 aliphatic carbocycles. The molecule has 1 amide bonds. The van der Waals surface area contributed by atoms with Crippen LogP contribution in [0.5, 0.6) is 0 Å². The summed E-state index contributed by atoms with van der Waals surface area (Å²) >= 11 is 3.45. The van der Waals surface area contributed by atoms with Gasteiger partial charge in [0.1, 0.15) is 6.54 Å². The fourth-order valence-corrected chi connectivity index (χ4v) is 3.69. The van der Waals surface area contributed by atoms with Crippen molar-refractivity contribution < 1.29 is 4.79 Å². The highest BCUT2D eigenvalue weighted by atomic mass is 79.9. The molecule has 0 radical (unpaired) electrons. The van der Waals surface area contributed by atoms with Gasteiger partial charge in [-0.15, -0.1) is 0 Å². The summed E-state index contributed by atoms with van der Waals surface area (Å²) in [7, 11) is 0. The molecule has 0 aliphatic rings. The zero-order valence-corrected chi connectivity index (χ0v) is 18.4. The van der Waals surface area contributed by atoms with Crippen molar-refractivity contribution in [3.63, 3.8) is 0 Å². The maximum Gasteiger partial charge on any atom is 0.255 e. The van der Waals surface area contributed by atoms with E-state index in [1.54, 1.807) is 6.92 Å². The van der Waals surface area contributed by atoms with Crippen molar-refractivity contribution in [1.29, 1.82) is 0 Å². The molecule has 0 saturated heterocycles. The molecule has 2 aromatic carbocycles. The molecule has 0 atom stereocenters. The van der Waals surface area contributed by atoms with Gasteiger partial charge in [-0.2, -0.15) is 0 Å². The zero-order chi connectivity index (χ0) is 21.1. The van der Waals surface area contributed by atoms with Gasteiger partial charge >= 0.3 is 0 Å². The molecule has 2 N–H and O–H groups in total. The molecular formula is C22H23BrN4O2. The van der Waals surface area contributed by atoms with Crippen LogP contribution < -0.4 is 16.2 Å². The van der Waals surface area contributed by atoms with Gasteiger partial charge in [-0.1, -0.05) is 12.1 Å². The summed E-state index contributed by atoms with van der Waals surface area (Å²) in [5.74, 6) is 0.0175. The van der Waals surface area contributed by atoms with Crippen LogP contribution in [-0.2, 0) is 11.3 Å². The predicted octanol–water partition coefficient (Wildman–Crippen LogP) is 4.62. The number of hydrogen-bond donors (Lipinski definition) is 2. The monoisotopic (exact) mass is 454 g/mol. The average Bonchev–Trinajstić information content (AvgIpc) is 2.59. The maximum absolute atomic E-state index is 12.6. The Morgan fingerprint density at radius 1 is 1.00 bits per heavy atom. The minimum Gasteiger partial charge on any atom is -0.325 e. The molecule has 29 heavy (non-hydrogen) atoms. The molecule has 3 rings (SSSR count). The lowest BCUT2D eigenvalue weighted by atomic mass is 10.1. The number of rotatable bonds is 5. The van der Waals surface area contributed by atoms with Gasteiger partial charge in [0, 0.05) is 21.9 Å². The molecule has 0 spiro atoms. The first-order valence-corrected chi connectivity index (χ1v) is 10.0. The number of hydrogen-bond acceptors (Lipinski definition) is 4. The lowest BCUT2D eigenvalue weighted by Crippen LogP contribution is -2.30. The van der Waals surface area contributed by atoms with Gasteiger partial charge in [-0.05, 0) is 84.6 Å². The molecule has 0 unspecified atom stereocenters.